The van der Waals surface area contributed by atoms with Crippen molar-refractivity contribution in [2.45, 2.75) is 32.6 Å². The number of guanidine groups is 1. The first-order valence-electron chi connectivity index (χ1n) is 11.0. The SMILES string of the molecule is CCNC(=NCC(=O)N1CCC(Cc2ccccc2)CC1)N(C)CC1CCOC1. The van der Waals surface area contributed by atoms with Gasteiger partial charge in [-0.1, -0.05) is 30.3 Å². The molecule has 160 valence electrons. The fourth-order valence-corrected chi connectivity index (χ4v) is 4.25. The molecule has 6 heteroatoms. The minimum atomic E-state index is 0.135. The van der Waals surface area contributed by atoms with Gasteiger partial charge in [0.25, 0.3) is 0 Å². The summed E-state index contributed by atoms with van der Waals surface area (Å²) < 4.78 is 5.47. The lowest BCUT2D eigenvalue weighted by Gasteiger charge is -2.32. The highest BCUT2D eigenvalue weighted by molar-refractivity contribution is 5.85. The van der Waals surface area contributed by atoms with Crippen LogP contribution in [-0.4, -0.2) is 74.7 Å². The minimum absolute atomic E-state index is 0.135. The van der Waals surface area contributed by atoms with Gasteiger partial charge in [-0.05, 0) is 44.1 Å². The molecule has 0 bridgehead atoms. The molecule has 2 aliphatic heterocycles. The third kappa shape index (κ3) is 6.74. The second-order valence-electron chi connectivity index (χ2n) is 8.29. The Morgan fingerprint density at radius 1 is 1.21 bits per heavy atom. The molecule has 1 aromatic carbocycles. The van der Waals surface area contributed by atoms with Crippen LogP contribution in [0.15, 0.2) is 35.3 Å². The van der Waals surface area contributed by atoms with E-state index in [1.54, 1.807) is 0 Å². The fourth-order valence-electron chi connectivity index (χ4n) is 4.25. The molecule has 0 aliphatic carbocycles. The number of hydrogen-bond acceptors (Lipinski definition) is 3. The van der Waals surface area contributed by atoms with Gasteiger partial charge in [-0.3, -0.25) is 4.79 Å². The predicted molar refractivity (Wildman–Crippen MR) is 117 cm³/mol. The van der Waals surface area contributed by atoms with E-state index in [1.165, 1.54) is 5.56 Å². The van der Waals surface area contributed by atoms with Crippen LogP contribution in [0.1, 0.15) is 31.7 Å². The number of carbonyl (C=O) groups excluding carboxylic acids is 1. The summed E-state index contributed by atoms with van der Waals surface area (Å²) in [6.45, 7) is 7.34. The van der Waals surface area contributed by atoms with Crippen molar-refractivity contribution in [1.82, 2.24) is 15.1 Å². The van der Waals surface area contributed by atoms with Crippen LogP contribution in [-0.2, 0) is 16.0 Å². The van der Waals surface area contributed by atoms with Gasteiger partial charge in [0.15, 0.2) is 5.96 Å². The standard InChI is InChI=1S/C23H36N4O2/c1-3-24-23(26(2)17-21-11-14-29-18-21)25-16-22(28)27-12-9-20(10-13-27)15-19-7-5-4-6-8-19/h4-8,20-21H,3,9-18H2,1-2H3,(H,24,25). The molecule has 3 rings (SSSR count). The van der Waals surface area contributed by atoms with Crippen LogP contribution >= 0.6 is 0 Å². The molecule has 1 N–H and O–H groups in total. The zero-order valence-electron chi connectivity index (χ0n) is 18.0. The van der Waals surface area contributed by atoms with Crippen molar-refractivity contribution >= 4 is 11.9 Å². The molecular formula is C23H36N4O2. The molecule has 2 aliphatic rings. The van der Waals surface area contributed by atoms with Gasteiger partial charge in [0, 0.05) is 45.8 Å². The van der Waals surface area contributed by atoms with Crippen LogP contribution in [0, 0.1) is 11.8 Å². The zero-order chi connectivity index (χ0) is 20.5. The molecule has 1 atom stereocenters. The second-order valence-corrected chi connectivity index (χ2v) is 8.29. The van der Waals surface area contributed by atoms with Gasteiger partial charge in [-0.2, -0.15) is 0 Å². The second kappa shape index (κ2) is 11.2. The van der Waals surface area contributed by atoms with E-state index in [0.29, 0.717) is 11.8 Å². The van der Waals surface area contributed by atoms with Crippen LogP contribution in [0.3, 0.4) is 0 Å². The van der Waals surface area contributed by atoms with Crippen LogP contribution in [0.4, 0.5) is 0 Å². The molecule has 1 amide bonds. The minimum Gasteiger partial charge on any atom is -0.381 e. The molecule has 1 unspecified atom stereocenters. The first-order chi connectivity index (χ1) is 14.2. The molecule has 0 radical (unpaired) electrons. The molecule has 2 heterocycles. The lowest BCUT2D eigenvalue weighted by atomic mass is 9.90. The number of likely N-dealkylation sites (tertiary alicyclic amines) is 1. The van der Waals surface area contributed by atoms with E-state index < -0.39 is 0 Å². The number of amides is 1. The van der Waals surface area contributed by atoms with E-state index in [4.69, 9.17) is 4.74 Å². The lowest BCUT2D eigenvalue weighted by molar-refractivity contribution is -0.131. The van der Waals surface area contributed by atoms with Gasteiger partial charge in [-0.15, -0.1) is 0 Å². The lowest BCUT2D eigenvalue weighted by Crippen LogP contribution is -2.43. The van der Waals surface area contributed by atoms with E-state index in [-0.39, 0.29) is 12.5 Å². The van der Waals surface area contributed by atoms with Crippen molar-refractivity contribution in [2.75, 3.05) is 53.0 Å². The number of ether oxygens (including phenoxy) is 1. The van der Waals surface area contributed by atoms with E-state index in [9.17, 15) is 4.79 Å². The summed E-state index contributed by atoms with van der Waals surface area (Å²) in [6.07, 6.45) is 4.36. The molecule has 29 heavy (non-hydrogen) atoms. The summed E-state index contributed by atoms with van der Waals surface area (Å²) in [6, 6.07) is 10.7. The van der Waals surface area contributed by atoms with Crippen LogP contribution in [0.5, 0.6) is 0 Å². The number of carbonyl (C=O) groups is 1. The van der Waals surface area contributed by atoms with Crippen molar-refractivity contribution in [3.63, 3.8) is 0 Å². The number of nitrogens with one attached hydrogen (secondary N) is 1. The smallest absolute Gasteiger partial charge is 0.244 e. The molecule has 1 aromatic rings. The molecule has 0 aromatic heterocycles. The third-order valence-corrected chi connectivity index (χ3v) is 5.95. The quantitative estimate of drug-likeness (QED) is 0.564. The predicted octanol–water partition coefficient (Wildman–Crippen LogP) is 2.40. The molecular weight excluding hydrogens is 364 g/mol. The third-order valence-electron chi connectivity index (χ3n) is 5.95. The topological polar surface area (TPSA) is 57.2 Å². The molecule has 0 spiro atoms. The number of piperidine rings is 1. The van der Waals surface area contributed by atoms with Crippen LogP contribution in [0.2, 0.25) is 0 Å². The summed E-state index contributed by atoms with van der Waals surface area (Å²) in [5.74, 6) is 2.16. The molecule has 2 fully saturated rings. The van der Waals surface area contributed by atoms with Crippen molar-refractivity contribution in [2.24, 2.45) is 16.8 Å². The monoisotopic (exact) mass is 400 g/mol. The van der Waals surface area contributed by atoms with Gasteiger partial charge >= 0.3 is 0 Å². The summed E-state index contributed by atoms with van der Waals surface area (Å²) in [5, 5.41) is 3.31. The Morgan fingerprint density at radius 2 is 1.97 bits per heavy atom. The largest absolute Gasteiger partial charge is 0.381 e. The Kier molecular flexibility index (Phi) is 8.35. The summed E-state index contributed by atoms with van der Waals surface area (Å²) in [4.78, 5) is 21.4. The number of hydrogen-bond donors (Lipinski definition) is 1. The first kappa shape index (κ1) is 21.6. The van der Waals surface area contributed by atoms with E-state index in [1.807, 2.05) is 11.9 Å². The maximum atomic E-state index is 12.7. The highest BCUT2D eigenvalue weighted by Gasteiger charge is 2.23. The van der Waals surface area contributed by atoms with Gasteiger partial charge in [-0.25, -0.2) is 4.99 Å². The average Bonchev–Trinajstić information content (AvgIpc) is 3.25. The van der Waals surface area contributed by atoms with E-state index in [2.05, 4.69) is 52.5 Å². The van der Waals surface area contributed by atoms with Gasteiger partial charge in [0.05, 0.1) is 6.61 Å². The molecule has 6 nitrogen and oxygen atoms in total. The van der Waals surface area contributed by atoms with E-state index in [0.717, 1.165) is 71.0 Å². The van der Waals surface area contributed by atoms with Gasteiger partial charge < -0.3 is 19.9 Å². The summed E-state index contributed by atoms with van der Waals surface area (Å²) in [7, 11) is 2.04. The van der Waals surface area contributed by atoms with Crippen molar-refractivity contribution in [3.8, 4) is 0 Å². The zero-order valence-corrected chi connectivity index (χ0v) is 18.0. The molecule has 0 saturated carbocycles. The fraction of sp³-hybridized carbons (Fsp3) is 0.652. The highest BCUT2D eigenvalue weighted by Crippen LogP contribution is 2.21. The first-order valence-corrected chi connectivity index (χ1v) is 11.0. The molecule has 2 saturated heterocycles. The van der Waals surface area contributed by atoms with Crippen LogP contribution < -0.4 is 5.32 Å². The van der Waals surface area contributed by atoms with Crippen LogP contribution in [0.25, 0.3) is 0 Å². The number of aliphatic imine (C=N–C) groups is 1. The summed E-state index contributed by atoms with van der Waals surface area (Å²) >= 11 is 0. The van der Waals surface area contributed by atoms with Gasteiger partial charge in [0.2, 0.25) is 5.91 Å². The number of rotatable bonds is 7. The Labute approximate surface area is 175 Å². The maximum Gasteiger partial charge on any atom is 0.244 e. The Bertz CT molecular complexity index is 650. The average molecular weight is 401 g/mol. The van der Waals surface area contributed by atoms with Crippen molar-refractivity contribution in [1.29, 1.82) is 0 Å². The normalized spacial score (nSPS) is 20.7. The number of nitrogens with zero attached hydrogens (tertiary/aromatic N) is 3. The van der Waals surface area contributed by atoms with Crippen molar-refractivity contribution < 1.29 is 9.53 Å². The Hall–Kier alpha value is -2.08. The van der Waals surface area contributed by atoms with Gasteiger partial charge in [0.1, 0.15) is 6.54 Å². The highest BCUT2D eigenvalue weighted by atomic mass is 16.5. The number of benzene rings is 1. The Balaban J connectivity index is 1.45. The van der Waals surface area contributed by atoms with E-state index >= 15 is 0 Å². The summed E-state index contributed by atoms with van der Waals surface area (Å²) in [5.41, 5.74) is 1.40. The Morgan fingerprint density at radius 3 is 2.62 bits per heavy atom. The maximum absolute atomic E-state index is 12.7. The van der Waals surface area contributed by atoms with Crippen molar-refractivity contribution in [3.05, 3.63) is 35.9 Å².